The molecule has 1 N–H and O–H groups in total. The fourth-order valence-electron chi connectivity index (χ4n) is 1.92. The normalized spacial score (nSPS) is 10.6. The van der Waals surface area contributed by atoms with E-state index in [1.807, 2.05) is 12.1 Å². The van der Waals surface area contributed by atoms with E-state index in [2.05, 4.69) is 48.6 Å². The maximum atomic E-state index is 5.85. The SMILES string of the molecule is Cc1ccccc1CNCCc1ccc(Cl)cc1. The fourth-order valence-corrected chi connectivity index (χ4v) is 2.04. The number of benzene rings is 2. The molecule has 2 heteroatoms. The van der Waals surface area contributed by atoms with E-state index in [1.165, 1.54) is 16.7 Å². The van der Waals surface area contributed by atoms with Crippen LogP contribution in [0.4, 0.5) is 0 Å². The van der Waals surface area contributed by atoms with Gasteiger partial charge in [-0.05, 0) is 48.7 Å². The summed E-state index contributed by atoms with van der Waals surface area (Å²) in [5, 5.41) is 4.27. The van der Waals surface area contributed by atoms with Gasteiger partial charge in [0.15, 0.2) is 0 Å². The molecule has 0 heterocycles. The van der Waals surface area contributed by atoms with Gasteiger partial charge in [-0.15, -0.1) is 0 Å². The van der Waals surface area contributed by atoms with Gasteiger partial charge >= 0.3 is 0 Å². The Morgan fingerprint density at radius 2 is 1.72 bits per heavy atom. The molecule has 94 valence electrons. The van der Waals surface area contributed by atoms with Crippen LogP contribution in [0.15, 0.2) is 48.5 Å². The van der Waals surface area contributed by atoms with Crippen molar-refractivity contribution >= 4 is 11.6 Å². The summed E-state index contributed by atoms with van der Waals surface area (Å²) in [4.78, 5) is 0. The first-order valence-electron chi connectivity index (χ1n) is 6.25. The molecule has 0 atom stereocenters. The average Bonchev–Trinajstić information content (AvgIpc) is 2.39. The number of nitrogens with one attached hydrogen (secondary N) is 1. The van der Waals surface area contributed by atoms with Gasteiger partial charge < -0.3 is 5.32 Å². The Labute approximate surface area is 114 Å². The van der Waals surface area contributed by atoms with Crippen LogP contribution in [-0.4, -0.2) is 6.54 Å². The molecule has 0 saturated heterocycles. The number of hydrogen-bond acceptors (Lipinski definition) is 1. The third-order valence-electron chi connectivity index (χ3n) is 3.08. The molecule has 0 amide bonds. The molecule has 0 aliphatic carbocycles. The third kappa shape index (κ3) is 3.86. The Morgan fingerprint density at radius 1 is 1.00 bits per heavy atom. The summed E-state index contributed by atoms with van der Waals surface area (Å²) in [6, 6.07) is 16.5. The van der Waals surface area contributed by atoms with E-state index in [-0.39, 0.29) is 0 Å². The summed E-state index contributed by atoms with van der Waals surface area (Å²) < 4.78 is 0. The molecule has 0 saturated carbocycles. The molecule has 0 aliphatic rings. The highest BCUT2D eigenvalue weighted by molar-refractivity contribution is 6.30. The first-order valence-corrected chi connectivity index (χ1v) is 6.63. The lowest BCUT2D eigenvalue weighted by Crippen LogP contribution is -2.17. The molecule has 18 heavy (non-hydrogen) atoms. The predicted molar refractivity (Wildman–Crippen MR) is 78.0 cm³/mol. The minimum atomic E-state index is 0.798. The maximum absolute atomic E-state index is 5.85. The van der Waals surface area contributed by atoms with Crippen LogP contribution in [-0.2, 0) is 13.0 Å². The first kappa shape index (κ1) is 13.1. The zero-order valence-electron chi connectivity index (χ0n) is 10.6. The lowest BCUT2D eigenvalue weighted by Gasteiger charge is -2.07. The maximum Gasteiger partial charge on any atom is 0.0406 e. The summed E-state index contributed by atoms with van der Waals surface area (Å²) in [5.74, 6) is 0. The van der Waals surface area contributed by atoms with Crippen molar-refractivity contribution < 1.29 is 0 Å². The van der Waals surface area contributed by atoms with Gasteiger partial charge in [0.1, 0.15) is 0 Å². The van der Waals surface area contributed by atoms with Gasteiger partial charge in [0.25, 0.3) is 0 Å². The molecule has 2 aromatic carbocycles. The molecule has 0 bridgehead atoms. The van der Waals surface area contributed by atoms with Gasteiger partial charge in [0, 0.05) is 11.6 Å². The molecular weight excluding hydrogens is 242 g/mol. The van der Waals surface area contributed by atoms with Crippen LogP contribution >= 0.6 is 11.6 Å². The number of hydrogen-bond donors (Lipinski definition) is 1. The molecule has 0 spiro atoms. The zero-order valence-corrected chi connectivity index (χ0v) is 11.4. The third-order valence-corrected chi connectivity index (χ3v) is 3.33. The average molecular weight is 260 g/mol. The quantitative estimate of drug-likeness (QED) is 0.801. The second kappa shape index (κ2) is 6.58. The molecule has 2 rings (SSSR count). The van der Waals surface area contributed by atoms with Crippen molar-refractivity contribution in [1.29, 1.82) is 0 Å². The summed E-state index contributed by atoms with van der Waals surface area (Å²) in [5.41, 5.74) is 4.03. The van der Waals surface area contributed by atoms with Crippen LogP contribution in [0.25, 0.3) is 0 Å². The van der Waals surface area contributed by atoms with Crippen LogP contribution in [0, 0.1) is 6.92 Å². The predicted octanol–water partition coefficient (Wildman–Crippen LogP) is 3.98. The summed E-state index contributed by atoms with van der Waals surface area (Å²) in [7, 11) is 0. The van der Waals surface area contributed by atoms with E-state index in [9.17, 15) is 0 Å². The second-order valence-corrected chi connectivity index (χ2v) is 4.92. The van der Waals surface area contributed by atoms with Gasteiger partial charge in [0.2, 0.25) is 0 Å². The molecule has 0 fully saturated rings. The van der Waals surface area contributed by atoms with Crippen molar-refractivity contribution in [3.05, 3.63) is 70.2 Å². The highest BCUT2D eigenvalue weighted by Gasteiger charge is 1.97. The summed E-state index contributed by atoms with van der Waals surface area (Å²) in [6.07, 6.45) is 1.03. The van der Waals surface area contributed by atoms with Crippen molar-refractivity contribution in [3.63, 3.8) is 0 Å². The van der Waals surface area contributed by atoms with Crippen LogP contribution in [0.1, 0.15) is 16.7 Å². The van der Waals surface area contributed by atoms with Crippen molar-refractivity contribution in [2.24, 2.45) is 0 Å². The van der Waals surface area contributed by atoms with Gasteiger partial charge in [-0.1, -0.05) is 48.0 Å². The zero-order chi connectivity index (χ0) is 12.8. The van der Waals surface area contributed by atoms with Gasteiger partial charge in [-0.2, -0.15) is 0 Å². The Kier molecular flexibility index (Phi) is 4.80. The Morgan fingerprint density at radius 3 is 2.44 bits per heavy atom. The van der Waals surface area contributed by atoms with E-state index in [0.29, 0.717) is 0 Å². The van der Waals surface area contributed by atoms with Gasteiger partial charge in [-0.3, -0.25) is 0 Å². The van der Waals surface area contributed by atoms with E-state index in [4.69, 9.17) is 11.6 Å². The van der Waals surface area contributed by atoms with Gasteiger partial charge in [-0.25, -0.2) is 0 Å². The summed E-state index contributed by atoms with van der Waals surface area (Å²) >= 11 is 5.85. The van der Waals surface area contributed by atoms with Crippen LogP contribution in [0.5, 0.6) is 0 Å². The fraction of sp³-hybridized carbons (Fsp3) is 0.250. The van der Waals surface area contributed by atoms with Crippen molar-refractivity contribution in [3.8, 4) is 0 Å². The van der Waals surface area contributed by atoms with E-state index in [1.54, 1.807) is 0 Å². The number of rotatable bonds is 5. The molecule has 2 aromatic rings. The van der Waals surface area contributed by atoms with Crippen molar-refractivity contribution in [2.45, 2.75) is 19.9 Å². The van der Waals surface area contributed by atoms with E-state index >= 15 is 0 Å². The minimum absolute atomic E-state index is 0.798. The second-order valence-electron chi connectivity index (χ2n) is 4.48. The van der Waals surface area contributed by atoms with Crippen LogP contribution in [0.2, 0.25) is 5.02 Å². The molecule has 0 aromatic heterocycles. The molecule has 0 radical (unpaired) electrons. The monoisotopic (exact) mass is 259 g/mol. The Bertz CT molecular complexity index is 491. The van der Waals surface area contributed by atoms with Crippen molar-refractivity contribution in [2.75, 3.05) is 6.54 Å². The molecule has 0 aliphatic heterocycles. The minimum Gasteiger partial charge on any atom is -0.312 e. The van der Waals surface area contributed by atoms with E-state index < -0.39 is 0 Å². The largest absolute Gasteiger partial charge is 0.312 e. The molecule has 1 nitrogen and oxygen atoms in total. The Balaban J connectivity index is 1.76. The number of halogens is 1. The summed E-state index contributed by atoms with van der Waals surface area (Å²) in [6.45, 7) is 4.06. The lowest BCUT2D eigenvalue weighted by atomic mass is 10.1. The molecule has 0 unspecified atom stereocenters. The van der Waals surface area contributed by atoms with Crippen molar-refractivity contribution in [1.82, 2.24) is 5.32 Å². The highest BCUT2D eigenvalue weighted by Crippen LogP contribution is 2.10. The number of aryl methyl sites for hydroxylation is 1. The highest BCUT2D eigenvalue weighted by atomic mass is 35.5. The van der Waals surface area contributed by atoms with Gasteiger partial charge in [0.05, 0.1) is 0 Å². The van der Waals surface area contributed by atoms with Crippen LogP contribution in [0.3, 0.4) is 0 Å². The lowest BCUT2D eigenvalue weighted by molar-refractivity contribution is 0.684. The Hall–Kier alpha value is -1.31. The molecular formula is C16H18ClN. The standard InChI is InChI=1S/C16H18ClN/c1-13-4-2-3-5-15(13)12-18-11-10-14-6-8-16(17)9-7-14/h2-9,18H,10-12H2,1H3. The topological polar surface area (TPSA) is 12.0 Å². The first-order chi connectivity index (χ1) is 8.75. The van der Waals surface area contributed by atoms with E-state index in [0.717, 1.165) is 24.5 Å². The smallest absolute Gasteiger partial charge is 0.0406 e. The van der Waals surface area contributed by atoms with Crippen LogP contribution < -0.4 is 5.32 Å².